The maximum absolute atomic E-state index is 11.1. The van der Waals surface area contributed by atoms with E-state index in [1.165, 1.54) is 47.3 Å². The second-order valence-electron chi connectivity index (χ2n) is 12.6. The molecule has 0 spiro atoms. The van der Waals surface area contributed by atoms with E-state index in [9.17, 15) is 18.9 Å². The molecule has 0 fully saturated rings. The fourth-order valence-electron chi connectivity index (χ4n) is 4.92. The first-order valence-corrected chi connectivity index (χ1v) is 31.1. The minimum Gasteiger partial charge on any atom is -0.778 e. The van der Waals surface area contributed by atoms with Crippen molar-refractivity contribution < 1.29 is 195 Å². The molecule has 1 aromatic rings. The van der Waals surface area contributed by atoms with Gasteiger partial charge in [0.1, 0.15) is 42.6 Å². The Hall–Kier alpha value is 5.79. The van der Waals surface area contributed by atoms with Crippen LogP contribution in [-0.2, 0) is 153 Å². The first-order chi connectivity index (χ1) is 24.8. The van der Waals surface area contributed by atoms with Crippen LogP contribution in [0.3, 0.4) is 0 Å². The zero-order valence-corrected chi connectivity index (χ0v) is 60.0. The molecule has 0 saturated carbocycles. The van der Waals surface area contributed by atoms with E-state index in [1.807, 2.05) is 9.80 Å². The SMILES string of the molecule is O=P([O-])(O)CN(CCc1ccc(O[P+](=S)OCCCO[P+](=S)OCCCOP=S)cc1)CP(=O)([O-])O.[CH2-]N([CH2-])CCC[Si](C)(CC[SiH3])CCCN([CH2-])[CH2-].[Na+].[Na+].[W].[W].[W].[W]. The molecule has 0 aliphatic carbocycles. The molecule has 0 aliphatic rings. The van der Waals surface area contributed by atoms with Gasteiger partial charge in [0, 0.05) is 107 Å². The summed E-state index contributed by atoms with van der Waals surface area (Å²) in [6.45, 7) is 6.22. The van der Waals surface area contributed by atoms with Crippen molar-refractivity contribution in [1.29, 1.82) is 0 Å². The van der Waals surface area contributed by atoms with Crippen molar-refractivity contribution in [1.82, 2.24) is 14.7 Å². The van der Waals surface area contributed by atoms with Gasteiger partial charge >= 0.3 is 73.4 Å². The van der Waals surface area contributed by atoms with E-state index in [4.69, 9.17) is 56.0 Å². The van der Waals surface area contributed by atoms with Gasteiger partial charge < -0.3 is 71.2 Å². The average molecular weight is 1710 g/mol. The Morgan fingerprint density at radius 3 is 1.58 bits per heavy atom. The van der Waals surface area contributed by atoms with Gasteiger partial charge in [-0.15, -0.1) is 13.6 Å². The molecule has 0 amide bonds. The molecule has 4 atom stereocenters. The van der Waals surface area contributed by atoms with E-state index in [0.717, 1.165) is 23.6 Å². The van der Waals surface area contributed by atoms with Gasteiger partial charge in [0.2, 0.25) is 23.6 Å². The van der Waals surface area contributed by atoms with Crippen molar-refractivity contribution in [2.45, 2.75) is 62.8 Å². The molecule has 0 saturated heterocycles. The summed E-state index contributed by atoms with van der Waals surface area (Å²) in [5, 5.41) is 0. The first kappa shape index (κ1) is 78.9. The number of hydrogen-bond donors (Lipinski definition) is 2. The summed E-state index contributed by atoms with van der Waals surface area (Å²) in [6.07, 6.45) is 2.23. The smallest absolute Gasteiger partial charge is 0.778 e. The van der Waals surface area contributed by atoms with E-state index in [2.05, 4.69) is 46.5 Å². The minimum atomic E-state index is -4.74. The van der Waals surface area contributed by atoms with Crippen LogP contribution in [0.1, 0.15) is 31.2 Å². The summed E-state index contributed by atoms with van der Waals surface area (Å²) in [6, 6.07) is 12.5. The summed E-state index contributed by atoms with van der Waals surface area (Å²) in [5.74, 6) is 0.466. The number of nitrogens with zero attached hydrogens (tertiary/aromatic N) is 3. The predicted molar refractivity (Wildman–Crippen MR) is 228 cm³/mol. The summed E-state index contributed by atoms with van der Waals surface area (Å²) in [4.78, 5) is 44.7. The summed E-state index contributed by atoms with van der Waals surface area (Å²) >= 11 is 14.9. The van der Waals surface area contributed by atoms with E-state index >= 15 is 0 Å². The fourth-order valence-corrected chi connectivity index (χ4v) is 16.8. The van der Waals surface area contributed by atoms with E-state index < -0.39 is 50.1 Å². The molecular weight excluding hydrogens is 1650 g/mol. The molecule has 0 aromatic heterocycles. The Morgan fingerprint density at radius 1 is 0.763 bits per heavy atom. The zero-order chi connectivity index (χ0) is 40.3. The fraction of sp³-hybridized carbons (Fsp3) is 0.655. The number of hydrogen-bond acceptors (Lipinski definition) is 15. The van der Waals surface area contributed by atoms with Crippen LogP contribution in [0.4, 0.5) is 0 Å². The van der Waals surface area contributed by atoms with Crippen LogP contribution in [-0.4, -0.2) is 101 Å². The molecule has 0 bridgehead atoms. The minimum absolute atomic E-state index is 0. The molecule has 0 aliphatic heterocycles. The van der Waals surface area contributed by atoms with Crippen molar-refractivity contribution >= 4 is 90.8 Å². The molecule has 59 heavy (non-hydrogen) atoms. The summed E-state index contributed by atoms with van der Waals surface area (Å²) < 4.78 is 49.0. The molecule has 332 valence electrons. The second kappa shape index (κ2) is 47.5. The van der Waals surface area contributed by atoms with E-state index in [1.54, 1.807) is 24.3 Å². The van der Waals surface area contributed by atoms with Gasteiger partial charge in [0.05, 0.1) is 27.3 Å². The average Bonchev–Trinajstić information content (AvgIpc) is 3.02. The van der Waals surface area contributed by atoms with Crippen LogP contribution in [0.15, 0.2) is 24.3 Å². The zero-order valence-electron chi connectivity index (χ0n) is 34.4. The molecule has 1 rings (SSSR count). The molecule has 0 radical (unpaired) electrons. The maximum Gasteiger partial charge on any atom is 1.00 e. The monoisotopic (exact) mass is 1710 g/mol. The van der Waals surface area contributed by atoms with E-state index in [-0.39, 0.29) is 156 Å². The molecule has 30 heteroatoms. The Balaban J connectivity index is -0.000000202. The van der Waals surface area contributed by atoms with Crippen molar-refractivity contribution in [2.24, 2.45) is 0 Å². The van der Waals surface area contributed by atoms with Crippen LogP contribution < -0.4 is 73.4 Å². The van der Waals surface area contributed by atoms with Crippen LogP contribution >= 0.6 is 37.1 Å². The van der Waals surface area contributed by atoms with E-state index in [0.29, 0.717) is 52.6 Å². The van der Waals surface area contributed by atoms with Gasteiger partial charge in [-0.3, -0.25) is 9.42 Å². The Kier molecular flexibility index (Phi) is 63.5. The molecule has 2 N–H and O–H groups in total. The molecule has 14 nitrogen and oxygen atoms in total. The van der Waals surface area contributed by atoms with Crippen molar-refractivity contribution in [3.63, 3.8) is 0 Å². The van der Waals surface area contributed by atoms with Gasteiger partial charge in [-0.1, -0.05) is 55.9 Å². The van der Waals surface area contributed by atoms with Crippen molar-refractivity contribution in [2.75, 3.05) is 58.6 Å². The Labute approximate surface area is 478 Å². The second-order valence-corrected chi connectivity index (χ2v) is 26.3. The van der Waals surface area contributed by atoms with Gasteiger partial charge in [0.25, 0.3) is 0 Å². The quantitative estimate of drug-likeness (QED) is 0.0402. The normalized spacial score (nSPS) is 13.4. The summed E-state index contributed by atoms with van der Waals surface area (Å²) in [5.41, 5.74) is 0.742. The number of rotatable bonds is 31. The third kappa shape index (κ3) is 53.0. The molecule has 0 heterocycles. The Morgan fingerprint density at radius 2 is 1.19 bits per heavy atom. The van der Waals surface area contributed by atoms with Crippen molar-refractivity contribution in [3.05, 3.63) is 58.0 Å². The molecule has 4 unspecified atom stereocenters. The predicted octanol–water partition coefficient (Wildman–Crippen LogP) is -0.969. The van der Waals surface area contributed by atoms with Gasteiger partial charge in [-0.2, -0.15) is 0 Å². The van der Waals surface area contributed by atoms with Gasteiger partial charge in [-0.05, 0) is 55.2 Å². The van der Waals surface area contributed by atoms with Crippen molar-refractivity contribution in [3.8, 4) is 5.75 Å². The van der Waals surface area contributed by atoms with Crippen LogP contribution in [0.5, 0.6) is 5.75 Å². The Bertz CT molecular complexity index is 1270. The first-order valence-electron chi connectivity index (χ1n) is 16.9. The third-order valence-electron chi connectivity index (χ3n) is 7.25. The van der Waals surface area contributed by atoms with Gasteiger partial charge in [0.15, 0.2) is 5.75 Å². The van der Waals surface area contributed by atoms with Crippen LogP contribution in [0, 0.1) is 28.2 Å². The summed E-state index contributed by atoms with van der Waals surface area (Å²) in [7, 11) is 3.55. The standard InChI is InChI=1S/C16H26NO11P5S3.C13H30N2Si2.2Na.4W/c18-32(19,20)13-17(14-33(21,22)23)8-7-15-3-5-16(6-4-15)28-31(36)27-12-2-11-26-30(35)25-10-1-9-24-29-34;1-14(2)8-6-11-17(5,13-10-16)12-7-9-15(3)4;;;;;;/h3-6H,1-2,7-14H2,(H2-2,18,19,20,21,22,23);1-4,6-13H2,5,16H3;;;;;;/q;-4;2*+1;;;;. The topological polar surface area (TPSA) is 177 Å². The maximum atomic E-state index is 11.1. The molecule has 1 aromatic carbocycles. The van der Waals surface area contributed by atoms with Crippen LogP contribution in [0.2, 0.25) is 30.7 Å². The third-order valence-corrected chi connectivity index (χ3v) is 18.4. The van der Waals surface area contributed by atoms with Crippen LogP contribution in [0.25, 0.3) is 0 Å². The number of benzene rings is 1. The van der Waals surface area contributed by atoms with Gasteiger partial charge in [-0.25, -0.2) is 0 Å². The molecular formula is C29H56N3Na2O11P5S3Si2W4-2. The largest absolute Gasteiger partial charge is 1.00 e.